The first-order valence-corrected chi connectivity index (χ1v) is 6.47. The number of methoxy groups -OCH3 is 1. The lowest BCUT2D eigenvalue weighted by Gasteiger charge is -2.26. The molecule has 0 bridgehead atoms. The SMILES string of the molecule is COc1ccc(C2Cc3ccc(O)c(O)c3CO2)cc1. The van der Waals surface area contributed by atoms with Crippen molar-refractivity contribution in [2.75, 3.05) is 7.11 Å². The van der Waals surface area contributed by atoms with Gasteiger partial charge in [-0.3, -0.25) is 0 Å². The fraction of sp³-hybridized carbons (Fsp3) is 0.250. The minimum absolute atomic E-state index is 0.0441. The van der Waals surface area contributed by atoms with E-state index in [1.165, 1.54) is 6.07 Å². The van der Waals surface area contributed by atoms with Crippen LogP contribution in [0.25, 0.3) is 0 Å². The molecule has 0 fully saturated rings. The third-order valence-electron chi connectivity index (χ3n) is 3.68. The topological polar surface area (TPSA) is 58.9 Å². The van der Waals surface area contributed by atoms with Crippen LogP contribution in [0.2, 0.25) is 0 Å². The summed E-state index contributed by atoms with van der Waals surface area (Å²) >= 11 is 0. The first kappa shape index (κ1) is 12.8. The number of hydrogen-bond acceptors (Lipinski definition) is 4. The number of aromatic hydroxyl groups is 2. The van der Waals surface area contributed by atoms with Crippen LogP contribution in [0.3, 0.4) is 0 Å². The zero-order valence-corrected chi connectivity index (χ0v) is 11.2. The molecular formula is C16H16O4. The maximum absolute atomic E-state index is 9.82. The van der Waals surface area contributed by atoms with E-state index in [9.17, 15) is 10.2 Å². The maximum atomic E-state index is 9.82. The van der Waals surface area contributed by atoms with Crippen LogP contribution in [0.5, 0.6) is 17.2 Å². The minimum Gasteiger partial charge on any atom is -0.504 e. The highest BCUT2D eigenvalue weighted by molar-refractivity contribution is 5.50. The van der Waals surface area contributed by atoms with Gasteiger partial charge in [0.1, 0.15) is 5.75 Å². The Morgan fingerprint density at radius 3 is 2.55 bits per heavy atom. The summed E-state index contributed by atoms with van der Waals surface area (Å²) in [5, 5.41) is 19.3. The van der Waals surface area contributed by atoms with Crippen molar-refractivity contribution in [1.29, 1.82) is 0 Å². The number of ether oxygens (including phenoxy) is 2. The summed E-state index contributed by atoms with van der Waals surface area (Å²) in [6.07, 6.45) is 0.632. The number of rotatable bonds is 2. The molecule has 0 saturated heterocycles. The van der Waals surface area contributed by atoms with Gasteiger partial charge >= 0.3 is 0 Å². The quantitative estimate of drug-likeness (QED) is 0.825. The molecule has 1 atom stereocenters. The number of hydrogen-bond donors (Lipinski definition) is 2. The predicted molar refractivity (Wildman–Crippen MR) is 74.0 cm³/mol. The van der Waals surface area contributed by atoms with Crippen LogP contribution in [-0.2, 0) is 17.8 Å². The summed E-state index contributed by atoms with van der Waals surface area (Å²) < 4.78 is 10.9. The van der Waals surface area contributed by atoms with Crippen molar-refractivity contribution in [2.45, 2.75) is 19.1 Å². The summed E-state index contributed by atoms with van der Waals surface area (Å²) in [7, 11) is 1.64. The Morgan fingerprint density at radius 1 is 1.10 bits per heavy atom. The monoisotopic (exact) mass is 272 g/mol. The van der Waals surface area contributed by atoms with Crippen LogP contribution in [0.4, 0.5) is 0 Å². The van der Waals surface area contributed by atoms with Crippen LogP contribution in [-0.4, -0.2) is 17.3 Å². The van der Waals surface area contributed by atoms with Gasteiger partial charge in [0.2, 0.25) is 0 Å². The van der Waals surface area contributed by atoms with Gasteiger partial charge < -0.3 is 19.7 Å². The predicted octanol–water partition coefficient (Wildman–Crippen LogP) is 2.92. The van der Waals surface area contributed by atoms with E-state index in [0.29, 0.717) is 18.6 Å². The molecule has 0 aliphatic carbocycles. The van der Waals surface area contributed by atoms with Crippen LogP contribution < -0.4 is 4.74 Å². The van der Waals surface area contributed by atoms with Gasteiger partial charge in [-0.05, 0) is 29.3 Å². The van der Waals surface area contributed by atoms with Crippen molar-refractivity contribution in [1.82, 2.24) is 0 Å². The number of fused-ring (bicyclic) bond motifs is 1. The summed E-state index contributed by atoms with van der Waals surface area (Å²) in [6.45, 7) is 0.298. The van der Waals surface area contributed by atoms with Crippen LogP contribution in [0.1, 0.15) is 22.8 Å². The number of phenols is 2. The highest BCUT2D eigenvalue weighted by Crippen LogP contribution is 2.39. The zero-order valence-electron chi connectivity index (χ0n) is 11.2. The summed E-state index contributed by atoms with van der Waals surface area (Å²) in [4.78, 5) is 0. The molecule has 3 rings (SSSR count). The van der Waals surface area contributed by atoms with E-state index in [2.05, 4.69) is 0 Å². The third kappa shape index (κ3) is 2.18. The fourth-order valence-corrected chi connectivity index (χ4v) is 2.49. The van der Waals surface area contributed by atoms with E-state index in [1.807, 2.05) is 30.3 Å². The van der Waals surface area contributed by atoms with Crippen LogP contribution in [0, 0.1) is 0 Å². The first-order chi connectivity index (χ1) is 9.69. The summed E-state index contributed by atoms with van der Waals surface area (Å²) in [5.74, 6) is 0.637. The standard InChI is InChI=1S/C16H16O4/c1-19-12-5-2-10(3-6-12)15-8-11-4-7-14(17)16(18)13(11)9-20-15/h2-7,15,17-18H,8-9H2,1H3. The number of benzene rings is 2. The molecule has 1 heterocycles. The lowest BCUT2D eigenvalue weighted by atomic mass is 9.94. The molecule has 0 saturated carbocycles. The molecule has 0 radical (unpaired) electrons. The molecule has 2 aromatic carbocycles. The van der Waals surface area contributed by atoms with Gasteiger partial charge in [0.25, 0.3) is 0 Å². The Bertz CT molecular complexity index is 619. The maximum Gasteiger partial charge on any atom is 0.163 e. The fourth-order valence-electron chi connectivity index (χ4n) is 2.49. The van der Waals surface area contributed by atoms with Gasteiger partial charge in [-0.25, -0.2) is 0 Å². The Labute approximate surface area is 117 Å². The minimum atomic E-state index is -0.102. The summed E-state index contributed by atoms with van der Waals surface area (Å²) in [5.41, 5.74) is 2.76. The summed E-state index contributed by atoms with van der Waals surface area (Å²) in [6, 6.07) is 11.1. The van der Waals surface area contributed by atoms with Gasteiger partial charge in [0.05, 0.1) is 19.8 Å². The van der Waals surface area contributed by atoms with Crippen molar-refractivity contribution in [3.63, 3.8) is 0 Å². The second kappa shape index (κ2) is 5.06. The van der Waals surface area contributed by atoms with E-state index in [4.69, 9.17) is 9.47 Å². The van der Waals surface area contributed by atoms with E-state index in [0.717, 1.165) is 16.9 Å². The van der Waals surface area contributed by atoms with Gasteiger partial charge in [0.15, 0.2) is 11.5 Å². The third-order valence-corrected chi connectivity index (χ3v) is 3.68. The van der Waals surface area contributed by atoms with Gasteiger partial charge in [-0.1, -0.05) is 18.2 Å². The largest absolute Gasteiger partial charge is 0.504 e. The Hall–Kier alpha value is -2.20. The van der Waals surface area contributed by atoms with E-state index in [1.54, 1.807) is 7.11 Å². The molecule has 4 heteroatoms. The van der Waals surface area contributed by atoms with E-state index >= 15 is 0 Å². The molecule has 1 aliphatic heterocycles. The van der Waals surface area contributed by atoms with Crippen LogP contribution in [0.15, 0.2) is 36.4 Å². The average Bonchev–Trinajstić information content (AvgIpc) is 2.51. The van der Waals surface area contributed by atoms with Crippen molar-refractivity contribution < 1.29 is 19.7 Å². The molecule has 2 N–H and O–H groups in total. The van der Waals surface area contributed by atoms with Gasteiger partial charge in [-0.15, -0.1) is 0 Å². The lowest BCUT2D eigenvalue weighted by molar-refractivity contribution is 0.0259. The lowest BCUT2D eigenvalue weighted by Crippen LogP contribution is -2.15. The molecular weight excluding hydrogens is 256 g/mol. The van der Waals surface area contributed by atoms with Gasteiger partial charge in [-0.2, -0.15) is 0 Å². The molecule has 20 heavy (non-hydrogen) atoms. The van der Waals surface area contributed by atoms with E-state index in [-0.39, 0.29) is 17.6 Å². The average molecular weight is 272 g/mol. The molecule has 0 aromatic heterocycles. The van der Waals surface area contributed by atoms with Crippen LogP contribution >= 0.6 is 0 Å². The molecule has 2 aromatic rings. The molecule has 0 spiro atoms. The normalized spacial score (nSPS) is 17.6. The Balaban J connectivity index is 1.86. The van der Waals surface area contributed by atoms with Crippen molar-refractivity contribution in [3.05, 3.63) is 53.1 Å². The number of phenolic OH excluding ortho intramolecular Hbond substituents is 2. The molecule has 1 unspecified atom stereocenters. The van der Waals surface area contributed by atoms with Crippen molar-refractivity contribution in [2.24, 2.45) is 0 Å². The van der Waals surface area contributed by atoms with Gasteiger partial charge in [0, 0.05) is 12.0 Å². The highest BCUT2D eigenvalue weighted by atomic mass is 16.5. The van der Waals surface area contributed by atoms with Crippen molar-refractivity contribution in [3.8, 4) is 17.2 Å². The van der Waals surface area contributed by atoms with E-state index < -0.39 is 0 Å². The molecule has 104 valence electrons. The smallest absolute Gasteiger partial charge is 0.163 e. The van der Waals surface area contributed by atoms with Crippen molar-refractivity contribution >= 4 is 0 Å². The second-order valence-electron chi connectivity index (χ2n) is 4.85. The highest BCUT2D eigenvalue weighted by Gasteiger charge is 2.24. The zero-order chi connectivity index (χ0) is 14.1. The molecule has 1 aliphatic rings. The molecule has 0 amide bonds. The first-order valence-electron chi connectivity index (χ1n) is 6.47. The second-order valence-corrected chi connectivity index (χ2v) is 4.85. The Kier molecular flexibility index (Phi) is 3.24. The molecule has 4 nitrogen and oxygen atoms in total. The Morgan fingerprint density at radius 2 is 1.85 bits per heavy atom.